The molecule has 0 bridgehead atoms. The van der Waals surface area contributed by atoms with Gasteiger partial charge < -0.3 is 14.8 Å². The van der Waals surface area contributed by atoms with Crippen LogP contribution in [-0.2, 0) is 9.47 Å². The van der Waals surface area contributed by atoms with Gasteiger partial charge in [0, 0.05) is 26.4 Å². The number of unbranched alkanes of at least 4 members (excludes halogenated alkanes) is 1. The van der Waals surface area contributed by atoms with Crippen molar-refractivity contribution in [1.82, 2.24) is 5.32 Å². The van der Waals surface area contributed by atoms with Crippen molar-refractivity contribution < 1.29 is 9.47 Å². The van der Waals surface area contributed by atoms with Crippen molar-refractivity contribution in [3.05, 3.63) is 0 Å². The molecular formula is C12H25NO2. The second-order valence-electron chi connectivity index (χ2n) is 4.26. The molecule has 0 aromatic rings. The number of rotatable bonds is 10. The maximum Gasteiger partial charge on any atom is 0.0618 e. The zero-order valence-corrected chi connectivity index (χ0v) is 10.1. The van der Waals surface area contributed by atoms with Crippen molar-refractivity contribution in [2.45, 2.75) is 38.6 Å². The number of hydrogen-bond donors (Lipinski definition) is 1. The summed E-state index contributed by atoms with van der Waals surface area (Å²) in [7, 11) is 1.78. The predicted octanol–water partition coefficient (Wildman–Crippen LogP) is 1.82. The molecule has 15 heavy (non-hydrogen) atoms. The topological polar surface area (TPSA) is 30.5 Å². The molecule has 1 unspecified atom stereocenters. The van der Waals surface area contributed by atoms with E-state index < -0.39 is 0 Å². The first kappa shape index (κ1) is 12.9. The van der Waals surface area contributed by atoms with Gasteiger partial charge in [0.1, 0.15) is 0 Å². The highest BCUT2D eigenvalue weighted by molar-refractivity contribution is 4.86. The Morgan fingerprint density at radius 3 is 2.73 bits per heavy atom. The lowest BCUT2D eigenvalue weighted by molar-refractivity contribution is 0.140. The smallest absolute Gasteiger partial charge is 0.0618 e. The normalized spacial score (nSPS) is 18.0. The quantitative estimate of drug-likeness (QED) is 0.564. The fourth-order valence-electron chi connectivity index (χ4n) is 1.80. The SMILES string of the molecule is CCOCCCCNC(COC)C1CC1. The fraction of sp³-hybridized carbons (Fsp3) is 1.00. The van der Waals surface area contributed by atoms with Crippen LogP contribution in [-0.4, -0.2) is 39.5 Å². The molecule has 0 spiro atoms. The van der Waals surface area contributed by atoms with Crippen LogP contribution < -0.4 is 5.32 Å². The second kappa shape index (κ2) is 8.08. The molecular weight excluding hydrogens is 190 g/mol. The van der Waals surface area contributed by atoms with Gasteiger partial charge in [-0.25, -0.2) is 0 Å². The van der Waals surface area contributed by atoms with Gasteiger partial charge in [0.2, 0.25) is 0 Å². The lowest BCUT2D eigenvalue weighted by Gasteiger charge is -2.17. The van der Waals surface area contributed by atoms with Crippen LogP contribution in [0.2, 0.25) is 0 Å². The van der Waals surface area contributed by atoms with Crippen molar-refractivity contribution in [1.29, 1.82) is 0 Å². The lowest BCUT2D eigenvalue weighted by Crippen LogP contribution is -2.35. The summed E-state index contributed by atoms with van der Waals surface area (Å²) in [5.41, 5.74) is 0. The van der Waals surface area contributed by atoms with E-state index in [1.54, 1.807) is 7.11 Å². The Bertz CT molecular complexity index is 149. The van der Waals surface area contributed by atoms with Crippen LogP contribution in [0, 0.1) is 5.92 Å². The minimum Gasteiger partial charge on any atom is -0.383 e. The van der Waals surface area contributed by atoms with Gasteiger partial charge in [-0.1, -0.05) is 0 Å². The summed E-state index contributed by atoms with van der Waals surface area (Å²) in [6, 6.07) is 0.585. The van der Waals surface area contributed by atoms with Gasteiger partial charge >= 0.3 is 0 Å². The highest BCUT2D eigenvalue weighted by Crippen LogP contribution is 2.32. The summed E-state index contributed by atoms with van der Waals surface area (Å²) in [4.78, 5) is 0. The molecule has 1 N–H and O–H groups in total. The third-order valence-corrected chi connectivity index (χ3v) is 2.86. The van der Waals surface area contributed by atoms with E-state index in [0.717, 1.165) is 38.7 Å². The Morgan fingerprint density at radius 2 is 2.13 bits per heavy atom. The summed E-state index contributed by atoms with van der Waals surface area (Å²) in [6.07, 6.45) is 5.11. The summed E-state index contributed by atoms with van der Waals surface area (Å²) in [6.45, 7) is 5.73. The Morgan fingerprint density at radius 1 is 1.33 bits per heavy atom. The number of ether oxygens (including phenoxy) is 2. The molecule has 0 heterocycles. The molecule has 1 aliphatic rings. The van der Waals surface area contributed by atoms with Gasteiger partial charge in [-0.15, -0.1) is 0 Å². The first-order valence-corrected chi connectivity index (χ1v) is 6.18. The number of hydrogen-bond acceptors (Lipinski definition) is 3. The van der Waals surface area contributed by atoms with Crippen molar-refractivity contribution in [3.8, 4) is 0 Å². The Hall–Kier alpha value is -0.120. The molecule has 0 saturated heterocycles. The Labute approximate surface area is 93.5 Å². The molecule has 1 saturated carbocycles. The standard InChI is InChI=1S/C12H25NO2/c1-3-15-9-5-4-8-13-12(10-14-2)11-6-7-11/h11-13H,3-10H2,1-2H3. The summed E-state index contributed by atoms with van der Waals surface area (Å²) in [5.74, 6) is 0.872. The van der Waals surface area contributed by atoms with Gasteiger partial charge in [0.05, 0.1) is 6.61 Å². The van der Waals surface area contributed by atoms with Crippen molar-refractivity contribution in [2.75, 3.05) is 33.5 Å². The third kappa shape index (κ3) is 6.13. The Kier molecular flexibility index (Phi) is 6.98. The Balaban J connectivity index is 1.92. The summed E-state index contributed by atoms with van der Waals surface area (Å²) in [5, 5.41) is 3.58. The molecule has 0 aromatic heterocycles. The average molecular weight is 215 g/mol. The van der Waals surface area contributed by atoms with Crippen LogP contribution >= 0.6 is 0 Å². The third-order valence-electron chi connectivity index (χ3n) is 2.86. The van der Waals surface area contributed by atoms with E-state index in [9.17, 15) is 0 Å². The molecule has 1 aliphatic carbocycles. The monoisotopic (exact) mass is 215 g/mol. The summed E-state index contributed by atoms with van der Waals surface area (Å²) >= 11 is 0. The van der Waals surface area contributed by atoms with Crippen LogP contribution in [0.15, 0.2) is 0 Å². The van der Waals surface area contributed by atoms with Crippen molar-refractivity contribution >= 4 is 0 Å². The van der Waals surface area contributed by atoms with Gasteiger partial charge in [-0.3, -0.25) is 0 Å². The minimum absolute atomic E-state index is 0.585. The molecule has 1 atom stereocenters. The average Bonchev–Trinajstić information content (AvgIpc) is 3.05. The van der Waals surface area contributed by atoms with E-state index in [1.165, 1.54) is 19.3 Å². The van der Waals surface area contributed by atoms with Gasteiger partial charge in [-0.2, -0.15) is 0 Å². The maximum absolute atomic E-state index is 5.30. The molecule has 0 aromatic carbocycles. The second-order valence-corrected chi connectivity index (χ2v) is 4.26. The highest BCUT2D eigenvalue weighted by atomic mass is 16.5. The van der Waals surface area contributed by atoms with Crippen LogP contribution in [0.4, 0.5) is 0 Å². The molecule has 1 fully saturated rings. The first-order chi connectivity index (χ1) is 7.38. The van der Waals surface area contributed by atoms with Gasteiger partial charge in [0.15, 0.2) is 0 Å². The lowest BCUT2D eigenvalue weighted by atomic mass is 10.2. The van der Waals surface area contributed by atoms with Crippen molar-refractivity contribution in [3.63, 3.8) is 0 Å². The summed E-state index contributed by atoms with van der Waals surface area (Å²) < 4.78 is 10.5. The highest BCUT2D eigenvalue weighted by Gasteiger charge is 2.30. The van der Waals surface area contributed by atoms with Crippen LogP contribution in [0.1, 0.15) is 32.6 Å². The molecule has 3 heteroatoms. The van der Waals surface area contributed by atoms with Crippen LogP contribution in [0.25, 0.3) is 0 Å². The number of nitrogens with one attached hydrogen (secondary N) is 1. The van der Waals surface area contributed by atoms with Crippen LogP contribution in [0.3, 0.4) is 0 Å². The van der Waals surface area contributed by atoms with E-state index in [4.69, 9.17) is 9.47 Å². The first-order valence-electron chi connectivity index (χ1n) is 6.18. The van der Waals surface area contributed by atoms with E-state index >= 15 is 0 Å². The molecule has 90 valence electrons. The van der Waals surface area contributed by atoms with E-state index in [0.29, 0.717) is 6.04 Å². The molecule has 0 aliphatic heterocycles. The van der Waals surface area contributed by atoms with E-state index in [1.807, 2.05) is 6.92 Å². The van der Waals surface area contributed by atoms with Crippen LogP contribution in [0.5, 0.6) is 0 Å². The fourth-order valence-corrected chi connectivity index (χ4v) is 1.80. The molecule has 0 amide bonds. The number of methoxy groups -OCH3 is 1. The zero-order chi connectivity index (χ0) is 10.9. The van der Waals surface area contributed by atoms with E-state index in [2.05, 4.69) is 5.32 Å². The maximum atomic E-state index is 5.30. The predicted molar refractivity (Wildman–Crippen MR) is 62.1 cm³/mol. The van der Waals surface area contributed by atoms with Gasteiger partial charge in [0.25, 0.3) is 0 Å². The largest absolute Gasteiger partial charge is 0.383 e. The molecule has 0 radical (unpaired) electrons. The minimum atomic E-state index is 0.585. The van der Waals surface area contributed by atoms with E-state index in [-0.39, 0.29) is 0 Å². The molecule has 1 rings (SSSR count). The zero-order valence-electron chi connectivity index (χ0n) is 10.1. The van der Waals surface area contributed by atoms with Crippen molar-refractivity contribution in [2.24, 2.45) is 5.92 Å². The van der Waals surface area contributed by atoms with Gasteiger partial charge in [-0.05, 0) is 45.1 Å². The molecule has 3 nitrogen and oxygen atoms in total.